The Balaban J connectivity index is 1.64. The number of aryl methyl sites for hydroxylation is 2. The normalized spacial score (nSPS) is 20.3. The highest BCUT2D eigenvalue weighted by atomic mass is 32.2. The van der Waals surface area contributed by atoms with Gasteiger partial charge in [0, 0.05) is 0 Å². The zero-order chi connectivity index (χ0) is 16.4. The van der Waals surface area contributed by atoms with Crippen molar-refractivity contribution in [1.82, 2.24) is 0 Å². The summed E-state index contributed by atoms with van der Waals surface area (Å²) in [5.41, 5.74) is 2.15. The van der Waals surface area contributed by atoms with Crippen molar-refractivity contribution < 1.29 is 17.3 Å². The van der Waals surface area contributed by atoms with E-state index < -0.39 is 10.1 Å². The van der Waals surface area contributed by atoms with Crippen LogP contribution in [-0.2, 0) is 21.3 Å². The van der Waals surface area contributed by atoms with Crippen LogP contribution in [0.4, 0.5) is 0 Å². The van der Waals surface area contributed by atoms with E-state index in [0.29, 0.717) is 18.0 Å². The molecule has 0 aromatic heterocycles. The fourth-order valence-corrected chi connectivity index (χ4v) is 3.36. The molecule has 0 saturated carbocycles. The second-order valence-corrected chi connectivity index (χ2v) is 7.46. The van der Waals surface area contributed by atoms with Crippen molar-refractivity contribution in [2.24, 2.45) is 0 Å². The molecule has 0 aliphatic carbocycles. The van der Waals surface area contributed by atoms with E-state index in [-0.39, 0.29) is 4.90 Å². The van der Waals surface area contributed by atoms with Crippen LogP contribution >= 0.6 is 0 Å². The number of rotatable bonds is 6. The summed E-state index contributed by atoms with van der Waals surface area (Å²) in [7, 11) is -3.79. The van der Waals surface area contributed by atoms with Crippen LogP contribution in [0.2, 0.25) is 0 Å². The Morgan fingerprint density at radius 2 is 1.65 bits per heavy atom. The number of hydrogen-bond donors (Lipinski definition) is 0. The molecule has 4 nitrogen and oxygen atoms in total. The van der Waals surface area contributed by atoms with Crippen LogP contribution < -0.4 is 4.18 Å². The summed E-state index contributed by atoms with van der Waals surface area (Å²) in [4.78, 5) is 0.159. The van der Waals surface area contributed by atoms with Crippen LogP contribution in [0.25, 0.3) is 0 Å². The smallest absolute Gasteiger partial charge is 0.339 e. The minimum Gasteiger partial charge on any atom is -0.379 e. The third kappa shape index (κ3) is 4.12. The molecule has 0 bridgehead atoms. The number of hydrogen-bond acceptors (Lipinski definition) is 4. The monoisotopic (exact) mass is 332 g/mol. The van der Waals surface area contributed by atoms with Crippen molar-refractivity contribution in [3.8, 4) is 5.75 Å². The minimum atomic E-state index is -3.79. The lowest BCUT2D eigenvalue weighted by Gasteiger charge is -2.08. The average molecular weight is 332 g/mol. The van der Waals surface area contributed by atoms with Gasteiger partial charge in [0.25, 0.3) is 0 Å². The first-order chi connectivity index (χ1) is 10.9. The van der Waals surface area contributed by atoms with Crippen LogP contribution in [-0.4, -0.2) is 20.6 Å². The summed E-state index contributed by atoms with van der Waals surface area (Å²) < 4.78 is 35.0. The van der Waals surface area contributed by atoms with E-state index in [1.807, 2.05) is 19.1 Å². The number of ether oxygens (including phenoxy) is 1. The van der Waals surface area contributed by atoms with E-state index in [1.54, 1.807) is 36.4 Å². The highest BCUT2D eigenvalue weighted by Gasteiger charge is 2.33. The van der Waals surface area contributed by atoms with E-state index in [2.05, 4.69) is 6.92 Å². The molecule has 1 fully saturated rings. The van der Waals surface area contributed by atoms with E-state index in [9.17, 15) is 8.42 Å². The summed E-state index contributed by atoms with van der Waals surface area (Å²) in [5.74, 6) is 0.324. The van der Waals surface area contributed by atoms with Crippen LogP contribution in [0.1, 0.15) is 24.5 Å². The maximum atomic E-state index is 12.2. The number of benzene rings is 2. The van der Waals surface area contributed by atoms with Gasteiger partial charge in [-0.05, 0) is 56.5 Å². The Bertz CT molecular complexity index is 764. The molecule has 1 saturated heterocycles. The van der Waals surface area contributed by atoms with Gasteiger partial charge in [-0.3, -0.25) is 0 Å². The quantitative estimate of drug-likeness (QED) is 0.600. The molecule has 1 aliphatic heterocycles. The van der Waals surface area contributed by atoms with Gasteiger partial charge in [-0.2, -0.15) is 8.42 Å². The molecular formula is C18H20O4S. The Morgan fingerprint density at radius 3 is 2.22 bits per heavy atom. The van der Waals surface area contributed by atoms with Gasteiger partial charge in [0.15, 0.2) is 0 Å². The lowest BCUT2D eigenvalue weighted by atomic mass is 10.1. The molecule has 3 rings (SSSR count). The lowest BCUT2D eigenvalue weighted by Crippen LogP contribution is -2.09. The first-order valence-electron chi connectivity index (χ1n) is 7.69. The fourth-order valence-electron chi connectivity index (χ4n) is 2.43. The zero-order valence-corrected chi connectivity index (χ0v) is 14.0. The highest BCUT2D eigenvalue weighted by Crippen LogP contribution is 2.26. The van der Waals surface area contributed by atoms with Gasteiger partial charge in [-0.25, -0.2) is 0 Å². The van der Waals surface area contributed by atoms with E-state index in [0.717, 1.165) is 24.0 Å². The van der Waals surface area contributed by atoms with Crippen molar-refractivity contribution in [1.29, 1.82) is 0 Å². The fraction of sp³-hybridized carbons (Fsp3) is 0.333. The summed E-state index contributed by atoms with van der Waals surface area (Å²) in [6, 6.07) is 13.8. The molecule has 1 aliphatic rings. The van der Waals surface area contributed by atoms with Crippen LogP contribution in [0.5, 0.6) is 5.75 Å². The first-order valence-corrected chi connectivity index (χ1v) is 9.10. The Hall–Kier alpha value is -1.85. The van der Waals surface area contributed by atoms with Crippen molar-refractivity contribution in [2.45, 2.75) is 43.8 Å². The van der Waals surface area contributed by atoms with Gasteiger partial charge < -0.3 is 8.92 Å². The van der Waals surface area contributed by atoms with Gasteiger partial charge in [-0.15, -0.1) is 0 Å². The molecule has 2 aromatic carbocycles. The lowest BCUT2D eigenvalue weighted by molar-refractivity contribution is 0.370. The summed E-state index contributed by atoms with van der Waals surface area (Å²) in [6.45, 7) is 3.97. The second kappa shape index (κ2) is 6.34. The van der Waals surface area contributed by atoms with E-state index >= 15 is 0 Å². The molecule has 23 heavy (non-hydrogen) atoms. The van der Waals surface area contributed by atoms with Gasteiger partial charge >= 0.3 is 10.1 Å². The van der Waals surface area contributed by atoms with Gasteiger partial charge in [-0.1, -0.05) is 29.8 Å². The van der Waals surface area contributed by atoms with Crippen molar-refractivity contribution in [2.75, 3.05) is 0 Å². The summed E-state index contributed by atoms with van der Waals surface area (Å²) >= 11 is 0. The molecule has 0 amide bonds. The Labute approximate surface area is 137 Å². The van der Waals surface area contributed by atoms with Gasteiger partial charge in [0.05, 0.1) is 12.2 Å². The standard InChI is InChI=1S/C18H20O4S/c1-13-3-10-17(11-4-13)23(19,20)22-16-8-5-15(6-9-16)7-12-18-14(2)21-18/h3-6,8-11,14,18H,7,12H2,1-2H3. The molecule has 0 spiro atoms. The molecular weight excluding hydrogens is 312 g/mol. The molecule has 0 radical (unpaired) electrons. The van der Waals surface area contributed by atoms with Crippen LogP contribution in [0.3, 0.4) is 0 Å². The third-order valence-electron chi connectivity index (χ3n) is 3.99. The molecule has 122 valence electrons. The molecule has 5 heteroatoms. The highest BCUT2D eigenvalue weighted by molar-refractivity contribution is 7.87. The predicted molar refractivity (Wildman–Crippen MR) is 88.1 cm³/mol. The second-order valence-electron chi connectivity index (χ2n) is 5.91. The van der Waals surface area contributed by atoms with Gasteiger partial charge in [0.1, 0.15) is 10.6 Å². The molecule has 0 N–H and O–H groups in total. The van der Waals surface area contributed by atoms with Crippen molar-refractivity contribution >= 4 is 10.1 Å². The van der Waals surface area contributed by atoms with Crippen LogP contribution in [0.15, 0.2) is 53.4 Å². The number of epoxide rings is 1. The molecule has 2 aromatic rings. The zero-order valence-electron chi connectivity index (χ0n) is 13.2. The Morgan fingerprint density at radius 1 is 1.04 bits per heavy atom. The SMILES string of the molecule is Cc1ccc(S(=O)(=O)Oc2ccc(CCC3OC3C)cc2)cc1. The topological polar surface area (TPSA) is 55.9 Å². The van der Waals surface area contributed by atoms with E-state index in [1.165, 1.54) is 0 Å². The predicted octanol–water partition coefficient (Wildman–Crippen LogP) is 3.48. The largest absolute Gasteiger partial charge is 0.379 e. The Kier molecular flexibility index (Phi) is 4.41. The van der Waals surface area contributed by atoms with E-state index in [4.69, 9.17) is 8.92 Å². The third-order valence-corrected chi connectivity index (χ3v) is 5.25. The summed E-state index contributed by atoms with van der Waals surface area (Å²) in [6.07, 6.45) is 2.65. The minimum absolute atomic E-state index is 0.159. The molecule has 2 atom stereocenters. The van der Waals surface area contributed by atoms with Crippen molar-refractivity contribution in [3.05, 3.63) is 59.7 Å². The van der Waals surface area contributed by atoms with Gasteiger partial charge in [0.2, 0.25) is 0 Å². The average Bonchev–Trinajstić information content (AvgIpc) is 3.22. The maximum Gasteiger partial charge on any atom is 0.339 e. The molecule has 1 heterocycles. The molecule has 2 unspecified atom stereocenters. The van der Waals surface area contributed by atoms with Crippen LogP contribution in [0, 0.1) is 6.92 Å². The summed E-state index contributed by atoms with van der Waals surface area (Å²) in [5, 5.41) is 0. The first kappa shape index (κ1) is 16.0. The maximum absolute atomic E-state index is 12.2. The van der Waals surface area contributed by atoms with Crippen molar-refractivity contribution in [3.63, 3.8) is 0 Å².